The molecule has 0 heterocycles. The Morgan fingerprint density at radius 2 is 1.94 bits per heavy atom. The largest absolute Gasteiger partial charge is 0.352 e. The predicted molar refractivity (Wildman–Crippen MR) is 73.3 cm³/mol. The highest BCUT2D eigenvalue weighted by Gasteiger charge is 2.27. The molecule has 3 heteroatoms. The van der Waals surface area contributed by atoms with E-state index in [1.54, 1.807) is 0 Å². The van der Waals surface area contributed by atoms with E-state index in [2.05, 4.69) is 33.0 Å². The van der Waals surface area contributed by atoms with Crippen LogP contribution in [0.1, 0.15) is 59.8 Å². The highest BCUT2D eigenvalue weighted by Crippen LogP contribution is 2.28. The van der Waals surface area contributed by atoms with E-state index in [1.165, 1.54) is 12.8 Å². The molecule has 3 unspecified atom stereocenters. The fourth-order valence-electron chi connectivity index (χ4n) is 2.10. The third-order valence-corrected chi connectivity index (χ3v) is 4.52. The van der Waals surface area contributed by atoms with E-state index >= 15 is 0 Å². The third kappa shape index (κ3) is 4.87. The van der Waals surface area contributed by atoms with Crippen molar-refractivity contribution in [1.82, 2.24) is 5.32 Å². The first-order valence-electron chi connectivity index (χ1n) is 6.74. The number of carbonyl (C=O) groups excluding carboxylic acids is 1. The Balaban J connectivity index is 2.38. The van der Waals surface area contributed by atoms with Crippen molar-refractivity contribution in [1.29, 1.82) is 0 Å². The van der Waals surface area contributed by atoms with Gasteiger partial charge in [-0.1, -0.05) is 40.5 Å². The van der Waals surface area contributed by atoms with Crippen molar-refractivity contribution in [2.45, 2.75) is 71.2 Å². The summed E-state index contributed by atoms with van der Waals surface area (Å²) in [5, 5.41) is 3.22. The quantitative estimate of drug-likeness (QED) is 0.769. The summed E-state index contributed by atoms with van der Waals surface area (Å²) in [6.45, 7) is 8.67. The summed E-state index contributed by atoms with van der Waals surface area (Å²) in [4.78, 5) is 11.9. The van der Waals surface area contributed by atoms with Gasteiger partial charge in [-0.2, -0.15) is 0 Å². The van der Waals surface area contributed by atoms with Gasteiger partial charge >= 0.3 is 0 Å². The Bertz CT molecular complexity index is 259. The molecule has 0 aromatic carbocycles. The second kappa shape index (κ2) is 6.08. The van der Waals surface area contributed by atoms with E-state index in [1.807, 2.05) is 0 Å². The average molecular weight is 260 g/mol. The van der Waals surface area contributed by atoms with Gasteiger partial charge in [0.1, 0.15) is 0 Å². The summed E-state index contributed by atoms with van der Waals surface area (Å²) < 4.78 is 0. The predicted octanol–water partition coefficient (Wildman–Crippen LogP) is 3.72. The van der Waals surface area contributed by atoms with Gasteiger partial charge in [0.15, 0.2) is 0 Å². The van der Waals surface area contributed by atoms with Gasteiger partial charge < -0.3 is 5.32 Å². The molecule has 0 aromatic heterocycles. The van der Waals surface area contributed by atoms with Crippen molar-refractivity contribution in [3.8, 4) is 0 Å². The maximum Gasteiger partial charge on any atom is 0.220 e. The molecule has 100 valence electrons. The molecule has 0 saturated heterocycles. The van der Waals surface area contributed by atoms with Crippen molar-refractivity contribution in [2.24, 2.45) is 11.3 Å². The van der Waals surface area contributed by atoms with Crippen LogP contribution in [0.5, 0.6) is 0 Å². The van der Waals surface area contributed by atoms with Gasteiger partial charge in [0.2, 0.25) is 5.91 Å². The van der Waals surface area contributed by atoms with Crippen LogP contribution in [0.25, 0.3) is 0 Å². The van der Waals surface area contributed by atoms with Crippen LogP contribution in [-0.4, -0.2) is 17.3 Å². The molecule has 1 N–H and O–H groups in total. The molecule has 3 atom stereocenters. The molecule has 1 amide bonds. The SMILES string of the molecule is CC(CC(=O)NC1CCCCC1Cl)C(C)(C)C. The first-order chi connectivity index (χ1) is 7.80. The smallest absolute Gasteiger partial charge is 0.220 e. The normalized spacial score (nSPS) is 27.6. The molecule has 1 rings (SSSR count). The lowest BCUT2D eigenvalue weighted by Gasteiger charge is -2.30. The zero-order chi connectivity index (χ0) is 13.1. The standard InChI is InChI=1S/C14H26ClNO/c1-10(14(2,3)4)9-13(17)16-12-8-6-5-7-11(12)15/h10-12H,5-9H2,1-4H3,(H,16,17). The summed E-state index contributed by atoms with van der Waals surface area (Å²) >= 11 is 6.24. The maximum atomic E-state index is 11.9. The fraction of sp³-hybridized carbons (Fsp3) is 0.929. The molecular weight excluding hydrogens is 234 g/mol. The van der Waals surface area contributed by atoms with Crippen LogP contribution in [0, 0.1) is 11.3 Å². The summed E-state index contributed by atoms with van der Waals surface area (Å²) in [6, 6.07) is 0.185. The van der Waals surface area contributed by atoms with E-state index < -0.39 is 0 Å². The van der Waals surface area contributed by atoms with Crippen LogP contribution in [-0.2, 0) is 4.79 Å². The van der Waals surface area contributed by atoms with Crippen LogP contribution in [0.15, 0.2) is 0 Å². The van der Waals surface area contributed by atoms with Crippen molar-refractivity contribution in [3.63, 3.8) is 0 Å². The summed E-state index contributed by atoms with van der Waals surface area (Å²) in [7, 11) is 0. The monoisotopic (exact) mass is 259 g/mol. The molecule has 0 aromatic rings. The lowest BCUT2D eigenvalue weighted by molar-refractivity contribution is -0.123. The Morgan fingerprint density at radius 3 is 2.47 bits per heavy atom. The molecule has 1 aliphatic rings. The van der Waals surface area contributed by atoms with E-state index in [0.717, 1.165) is 12.8 Å². The summed E-state index contributed by atoms with van der Waals surface area (Å²) in [6.07, 6.45) is 5.04. The van der Waals surface area contributed by atoms with Crippen molar-refractivity contribution in [2.75, 3.05) is 0 Å². The Labute approximate surface area is 110 Å². The number of rotatable bonds is 3. The molecule has 1 aliphatic carbocycles. The lowest BCUT2D eigenvalue weighted by atomic mass is 9.80. The summed E-state index contributed by atoms with van der Waals surface area (Å²) in [5.74, 6) is 0.546. The zero-order valence-corrected chi connectivity index (χ0v) is 12.3. The zero-order valence-electron chi connectivity index (χ0n) is 11.6. The van der Waals surface area contributed by atoms with Gasteiger partial charge in [-0.3, -0.25) is 4.79 Å². The first kappa shape index (κ1) is 14.8. The number of hydrogen-bond donors (Lipinski definition) is 1. The average Bonchev–Trinajstić information content (AvgIpc) is 2.20. The number of halogens is 1. The van der Waals surface area contributed by atoms with Gasteiger partial charge in [-0.05, 0) is 24.2 Å². The number of carbonyl (C=O) groups is 1. The van der Waals surface area contributed by atoms with Gasteiger partial charge in [0.25, 0.3) is 0 Å². The fourth-order valence-corrected chi connectivity index (χ4v) is 2.44. The maximum absolute atomic E-state index is 11.9. The van der Waals surface area contributed by atoms with Crippen molar-refractivity contribution >= 4 is 17.5 Å². The van der Waals surface area contributed by atoms with Crippen molar-refractivity contribution < 1.29 is 4.79 Å². The Kier molecular flexibility index (Phi) is 5.30. The van der Waals surface area contributed by atoms with E-state index in [0.29, 0.717) is 12.3 Å². The molecular formula is C14H26ClNO. The number of amides is 1. The molecule has 1 saturated carbocycles. The number of hydrogen-bond acceptors (Lipinski definition) is 1. The third-order valence-electron chi connectivity index (χ3n) is 4.00. The van der Waals surface area contributed by atoms with Gasteiger partial charge in [0, 0.05) is 12.5 Å². The molecule has 0 bridgehead atoms. The molecule has 1 fully saturated rings. The minimum Gasteiger partial charge on any atom is -0.352 e. The summed E-state index contributed by atoms with van der Waals surface area (Å²) in [5.41, 5.74) is 0.185. The van der Waals surface area contributed by atoms with Gasteiger partial charge in [0.05, 0.1) is 5.38 Å². The van der Waals surface area contributed by atoms with E-state index in [4.69, 9.17) is 11.6 Å². The molecule has 2 nitrogen and oxygen atoms in total. The van der Waals surface area contributed by atoms with Gasteiger partial charge in [-0.25, -0.2) is 0 Å². The highest BCUT2D eigenvalue weighted by atomic mass is 35.5. The van der Waals surface area contributed by atoms with Crippen LogP contribution >= 0.6 is 11.6 Å². The molecule has 0 aliphatic heterocycles. The molecule has 0 radical (unpaired) electrons. The lowest BCUT2D eigenvalue weighted by Crippen LogP contribution is -2.43. The second-order valence-electron chi connectivity index (χ2n) is 6.45. The Morgan fingerprint density at radius 1 is 1.35 bits per heavy atom. The van der Waals surface area contributed by atoms with Crippen LogP contribution < -0.4 is 5.32 Å². The van der Waals surface area contributed by atoms with Gasteiger partial charge in [-0.15, -0.1) is 11.6 Å². The first-order valence-corrected chi connectivity index (χ1v) is 7.18. The molecule has 0 spiro atoms. The van der Waals surface area contributed by atoms with E-state index in [9.17, 15) is 4.79 Å². The number of alkyl halides is 1. The molecule has 17 heavy (non-hydrogen) atoms. The van der Waals surface area contributed by atoms with Crippen LogP contribution in [0.3, 0.4) is 0 Å². The topological polar surface area (TPSA) is 29.1 Å². The van der Waals surface area contributed by atoms with E-state index in [-0.39, 0.29) is 22.7 Å². The van der Waals surface area contributed by atoms with Crippen molar-refractivity contribution in [3.05, 3.63) is 0 Å². The van der Waals surface area contributed by atoms with Crippen LogP contribution in [0.4, 0.5) is 0 Å². The number of nitrogens with one attached hydrogen (secondary N) is 1. The minimum absolute atomic E-state index is 0.123. The minimum atomic E-state index is 0.123. The van der Waals surface area contributed by atoms with Crippen LogP contribution in [0.2, 0.25) is 0 Å². The highest BCUT2D eigenvalue weighted by molar-refractivity contribution is 6.21. The Hall–Kier alpha value is -0.240. The second-order valence-corrected chi connectivity index (χ2v) is 7.01.